The summed E-state index contributed by atoms with van der Waals surface area (Å²) in [4.78, 5) is 3.67. The molecule has 2 N–H and O–H groups in total. The quantitative estimate of drug-likeness (QED) is 0.778. The van der Waals surface area contributed by atoms with E-state index in [-0.39, 0.29) is 23.0 Å². The third kappa shape index (κ3) is 2.01. The van der Waals surface area contributed by atoms with Crippen molar-refractivity contribution < 1.29 is 13.3 Å². The second kappa shape index (κ2) is 4.73. The Morgan fingerprint density at radius 3 is 2.50 bits per heavy atom. The van der Waals surface area contributed by atoms with Gasteiger partial charge in [-0.2, -0.15) is 0 Å². The SMILES string of the molecule is Nc1noc(-c2ccncc2F)c1-c1ccc(F)cc1. The van der Waals surface area contributed by atoms with Crippen molar-refractivity contribution in [3.8, 4) is 22.5 Å². The van der Waals surface area contributed by atoms with E-state index in [0.29, 0.717) is 11.1 Å². The molecule has 2 heterocycles. The molecule has 0 amide bonds. The van der Waals surface area contributed by atoms with Crippen LogP contribution >= 0.6 is 0 Å². The highest BCUT2D eigenvalue weighted by molar-refractivity contribution is 5.86. The molecule has 0 saturated carbocycles. The summed E-state index contributed by atoms with van der Waals surface area (Å²) in [6.07, 6.45) is 2.51. The van der Waals surface area contributed by atoms with Crippen molar-refractivity contribution in [2.75, 3.05) is 5.73 Å². The molecule has 2 aromatic heterocycles. The minimum Gasteiger partial charge on any atom is -0.380 e. The van der Waals surface area contributed by atoms with E-state index in [1.807, 2.05) is 0 Å². The minimum atomic E-state index is -0.549. The van der Waals surface area contributed by atoms with Crippen molar-refractivity contribution in [1.82, 2.24) is 10.1 Å². The number of nitrogen functional groups attached to an aromatic ring is 1. The Kier molecular flexibility index (Phi) is 2.90. The van der Waals surface area contributed by atoms with Gasteiger partial charge in [-0.3, -0.25) is 4.98 Å². The summed E-state index contributed by atoms with van der Waals surface area (Å²) in [5.74, 6) is -0.621. The highest BCUT2D eigenvalue weighted by Gasteiger charge is 2.20. The molecule has 0 saturated heterocycles. The summed E-state index contributed by atoms with van der Waals surface area (Å²) in [5, 5.41) is 3.65. The van der Waals surface area contributed by atoms with Crippen LogP contribution in [-0.4, -0.2) is 10.1 Å². The molecule has 0 aliphatic carbocycles. The maximum atomic E-state index is 13.8. The number of nitrogens with zero attached hydrogens (tertiary/aromatic N) is 2. The summed E-state index contributed by atoms with van der Waals surface area (Å²) in [7, 11) is 0. The molecule has 4 nitrogen and oxygen atoms in total. The fraction of sp³-hybridized carbons (Fsp3) is 0. The number of pyridine rings is 1. The van der Waals surface area contributed by atoms with Crippen LogP contribution in [0.5, 0.6) is 0 Å². The summed E-state index contributed by atoms with van der Waals surface area (Å²) >= 11 is 0. The largest absolute Gasteiger partial charge is 0.380 e. The van der Waals surface area contributed by atoms with Crippen molar-refractivity contribution in [2.45, 2.75) is 0 Å². The maximum absolute atomic E-state index is 13.8. The van der Waals surface area contributed by atoms with E-state index in [2.05, 4.69) is 10.1 Å². The van der Waals surface area contributed by atoms with Crippen LogP contribution in [0.2, 0.25) is 0 Å². The summed E-state index contributed by atoms with van der Waals surface area (Å²) in [6.45, 7) is 0. The first-order valence-corrected chi connectivity index (χ1v) is 5.78. The molecule has 0 unspecified atom stereocenters. The second-order valence-electron chi connectivity index (χ2n) is 4.13. The molecule has 0 radical (unpaired) electrons. The molecule has 1 aromatic carbocycles. The van der Waals surface area contributed by atoms with Crippen molar-refractivity contribution in [1.29, 1.82) is 0 Å². The van der Waals surface area contributed by atoms with E-state index in [0.717, 1.165) is 6.20 Å². The van der Waals surface area contributed by atoms with Crippen LogP contribution in [0.15, 0.2) is 47.2 Å². The molecule has 3 rings (SSSR count). The van der Waals surface area contributed by atoms with Crippen molar-refractivity contribution in [3.05, 3.63) is 54.4 Å². The van der Waals surface area contributed by atoms with E-state index in [1.54, 1.807) is 0 Å². The zero-order chi connectivity index (χ0) is 14.1. The number of aromatic nitrogens is 2. The van der Waals surface area contributed by atoms with Gasteiger partial charge in [-0.05, 0) is 23.8 Å². The molecule has 0 spiro atoms. The van der Waals surface area contributed by atoms with Crippen molar-refractivity contribution in [3.63, 3.8) is 0 Å². The predicted octanol–water partition coefficient (Wildman–Crippen LogP) is 3.26. The molecule has 3 aromatic rings. The molecular weight excluding hydrogens is 264 g/mol. The van der Waals surface area contributed by atoms with Crippen LogP contribution in [0.4, 0.5) is 14.6 Å². The number of anilines is 1. The average Bonchev–Trinajstić information content (AvgIpc) is 2.82. The maximum Gasteiger partial charge on any atom is 0.179 e. The Labute approximate surface area is 112 Å². The van der Waals surface area contributed by atoms with Gasteiger partial charge in [-0.25, -0.2) is 8.78 Å². The Balaban J connectivity index is 2.20. The Hall–Kier alpha value is -2.76. The lowest BCUT2D eigenvalue weighted by Crippen LogP contribution is -1.90. The fourth-order valence-electron chi connectivity index (χ4n) is 1.94. The van der Waals surface area contributed by atoms with Gasteiger partial charge in [0.15, 0.2) is 17.4 Å². The van der Waals surface area contributed by atoms with Gasteiger partial charge in [0.1, 0.15) is 5.82 Å². The Morgan fingerprint density at radius 2 is 1.80 bits per heavy atom. The first-order chi connectivity index (χ1) is 9.66. The fourth-order valence-corrected chi connectivity index (χ4v) is 1.94. The van der Waals surface area contributed by atoms with Crippen molar-refractivity contribution in [2.24, 2.45) is 0 Å². The van der Waals surface area contributed by atoms with Crippen molar-refractivity contribution >= 4 is 5.82 Å². The number of benzene rings is 1. The Bertz CT molecular complexity index is 753. The van der Waals surface area contributed by atoms with Gasteiger partial charge in [0.25, 0.3) is 0 Å². The first kappa shape index (κ1) is 12.3. The molecule has 6 heteroatoms. The lowest BCUT2D eigenvalue weighted by Gasteiger charge is -2.03. The highest BCUT2D eigenvalue weighted by atomic mass is 19.1. The average molecular weight is 273 g/mol. The third-order valence-electron chi connectivity index (χ3n) is 2.87. The zero-order valence-electron chi connectivity index (χ0n) is 10.2. The standard InChI is InChI=1S/C14H9F2N3O/c15-9-3-1-8(2-4-9)12-13(20-19-14(12)17)10-5-6-18-7-11(10)16/h1-7H,(H2,17,19). The monoisotopic (exact) mass is 273 g/mol. The van der Waals surface area contributed by atoms with E-state index in [9.17, 15) is 8.78 Å². The second-order valence-corrected chi connectivity index (χ2v) is 4.13. The lowest BCUT2D eigenvalue weighted by atomic mass is 10.0. The highest BCUT2D eigenvalue weighted by Crippen LogP contribution is 2.37. The van der Waals surface area contributed by atoms with Gasteiger partial charge in [-0.1, -0.05) is 17.3 Å². The molecule has 0 aliphatic heterocycles. The van der Waals surface area contributed by atoms with Crippen LogP contribution in [0, 0.1) is 11.6 Å². The lowest BCUT2D eigenvalue weighted by molar-refractivity contribution is 0.433. The molecule has 0 atom stereocenters. The number of halogens is 2. The molecule has 100 valence electrons. The van der Waals surface area contributed by atoms with E-state index >= 15 is 0 Å². The molecule has 0 bridgehead atoms. The summed E-state index contributed by atoms with van der Waals surface area (Å²) < 4.78 is 31.9. The van der Waals surface area contributed by atoms with Crippen LogP contribution in [0.1, 0.15) is 0 Å². The van der Waals surface area contributed by atoms with E-state index in [4.69, 9.17) is 10.3 Å². The number of hydrogen-bond donors (Lipinski definition) is 1. The Morgan fingerprint density at radius 1 is 1.05 bits per heavy atom. The van der Waals surface area contributed by atoms with Crippen LogP contribution in [-0.2, 0) is 0 Å². The predicted molar refractivity (Wildman–Crippen MR) is 69.5 cm³/mol. The zero-order valence-corrected chi connectivity index (χ0v) is 10.2. The van der Waals surface area contributed by atoms with Gasteiger partial charge in [-0.15, -0.1) is 0 Å². The first-order valence-electron chi connectivity index (χ1n) is 5.78. The number of rotatable bonds is 2. The molecule has 0 fully saturated rings. The van der Waals surface area contributed by atoms with Gasteiger partial charge < -0.3 is 10.3 Å². The molecule has 20 heavy (non-hydrogen) atoms. The molecule has 0 aliphatic rings. The van der Waals surface area contributed by atoms with Crippen LogP contribution in [0.25, 0.3) is 22.5 Å². The minimum absolute atomic E-state index is 0.114. The van der Waals surface area contributed by atoms with Gasteiger partial charge in [0.2, 0.25) is 0 Å². The third-order valence-corrected chi connectivity index (χ3v) is 2.87. The van der Waals surface area contributed by atoms with E-state index in [1.165, 1.54) is 36.5 Å². The molecular formula is C14H9F2N3O. The smallest absolute Gasteiger partial charge is 0.179 e. The summed E-state index contributed by atoms with van der Waals surface area (Å²) in [5.41, 5.74) is 6.98. The number of nitrogens with two attached hydrogens (primary N) is 1. The van der Waals surface area contributed by atoms with E-state index < -0.39 is 5.82 Å². The topological polar surface area (TPSA) is 64.9 Å². The normalized spacial score (nSPS) is 10.7. The van der Waals surface area contributed by atoms with Crippen LogP contribution in [0.3, 0.4) is 0 Å². The summed E-state index contributed by atoms with van der Waals surface area (Å²) in [6, 6.07) is 7.09. The van der Waals surface area contributed by atoms with Crippen LogP contribution < -0.4 is 5.73 Å². The van der Waals surface area contributed by atoms with Gasteiger partial charge in [0.05, 0.1) is 17.3 Å². The van der Waals surface area contributed by atoms with Gasteiger partial charge in [0, 0.05) is 6.20 Å². The number of hydrogen-bond acceptors (Lipinski definition) is 4. The van der Waals surface area contributed by atoms with Gasteiger partial charge >= 0.3 is 0 Å².